The Morgan fingerprint density at radius 1 is 0.750 bits per heavy atom. The maximum absolute atomic E-state index is 12.6. The Morgan fingerprint density at radius 2 is 1.40 bits per heavy atom. The zero-order chi connectivity index (χ0) is 51.0. The zero-order valence-corrected chi connectivity index (χ0v) is 47.7. The number of nitrogens with zero attached hydrogens (tertiary/aromatic N) is 3. The average Bonchev–Trinajstić information content (AvgIpc) is 3.81. The summed E-state index contributed by atoms with van der Waals surface area (Å²) < 4.78 is 97.3. The van der Waals surface area contributed by atoms with Crippen LogP contribution in [0.25, 0.3) is 21.5 Å². The number of allylic oxidation sites excluding steroid dienone is 8. The molecular formula is C51H54N4Na2O12S3. The monoisotopic (exact) mass is 1060 g/mol. The van der Waals surface area contributed by atoms with Crippen molar-refractivity contribution < 1.29 is 117 Å². The Bertz CT molecular complexity index is 3250. The van der Waals surface area contributed by atoms with E-state index in [9.17, 15) is 40.3 Å². The minimum atomic E-state index is -4.65. The second-order valence-corrected chi connectivity index (χ2v) is 21.3. The number of rotatable bonds is 19. The van der Waals surface area contributed by atoms with Crippen LogP contribution in [0, 0.1) is 6.07 Å². The van der Waals surface area contributed by atoms with Crippen LogP contribution in [0.15, 0.2) is 126 Å². The van der Waals surface area contributed by atoms with E-state index in [2.05, 4.69) is 78.9 Å². The van der Waals surface area contributed by atoms with Gasteiger partial charge < -0.3 is 19.3 Å². The fourth-order valence-electron chi connectivity index (χ4n) is 9.50. The SMILES string of the molecule is CC1(C)C(=CC=CC=CC=CC2=[N+](CCCCS(=O)(=O)[O-])c3ccc4c[c-]ccc4c3C2(C)C)N(CCCCCC(=O)NCCN2C(=O)C=CC2=O)c2ccc3cc(S(=O)(=O)[O-])ccc3c21.O=S(=O)=O.[Na+].[Na+]. The number of nitrogens with one attached hydrogen (secondary N) is 1. The maximum Gasteiger partial charge on any atom is 1.00 e. The van der Waals surface area contributed by atoms with Crippen molar-refractivity contribution in [1.82, 2.24) is 10.2 Å². The fraction of sp³-hybridized carbons (Fsp3) is 0.333. The Kier molecular flexibility index (Phi) is 21.5. The van der Waals surface area contributed by atoms with Gasteiger partial charge in [-0.1, -0.05) is 62.8 Å². The summed E-state index contributed by atoms with van der Waals surface area (Å²) >= 11 is 0. The second kappa shape index (κ2) is 25.7. The van der Waals surface area contributed by atoms with Crippen LogP contribution in [0.2, 0.25) is 0 Å². The number of benzene rings is 4. The van der Waals surface area contributed by atoms with Crippen LogP contribution < -0.4 is 69.3 Å². The third kappa shape index (κ3) is 14.7. The van der Waals surface area contributed by atoms with Crippen LogP contribution in [0.3, 0.4) is 0 Å². The third-order valence-corrected chi connectivity index (χ3v) is 14.2. The minimum absolute atomic E-state index is 0. The molecule has 4 aromatic rings. The quantitative estimate of drug-likeness (QED) is 0.0254. The van der Waals surface area contributed by atoms with Gasteiger partial charge in [0, 0.05) is 78.8 Å². The number of carbonyl (C=O) groups excluding carboxylic acids is 3. The Morgan fingerprint density at radius 3 is 2.08 bits per heavy atom. The molecule has 16 nitrogen and oxygen atoms in total. The summed E-state index contributed by atoms with van der Waals surface area (Å²) in [6, 6.07) is 21.6. The first-order chi connectivity index (χ1) is 33.0. The molecule has 3 aliphatic heterocycles. The summed E-state index contributed by atoms with van der Waals surface area (Å²) in [6.45, 7) is 10.1. The van der Waals surface area contributed by atoms with E-state index < -0.39 is 42.0 Å². The number of fused-ring (bicyclic) bond motifs is 6. The molecule has 0 radical (unpaired) electrons. The van der Waals surface area contributed by atoms with Crippen molar-refractivity contribution in [3.63, 3.8) is 0 Å². The van der Waals surface area contributed by atoms with E-state index in [4.69, 9.17) is 12.6 Å². The standard InChI is InChI=1S/C51H56N4O9S2.2Na.O3S/c1-50(2)43(54(32-15-16-34-65(59,60)61)41-26-22-36-17-12-13-18-39(36)48(41)50)19-9-6-5-7-10-20-44-51(3,4)49-40-25-24-38(66(62,63)64)35-37(40)23-27-42(49)53(44)31-14-8-11-21-45(56)52-30-33-55-46(57)28-29-47(55)58;;;1-4(2)3/h5-7,9-10,13,17-20,22-29,35H,8,11,14-16,21,30-34H2,1-4H3,(H,52,56)(H,59,60,61)(H,62,63,64);;;/q;2*+1;/p-2. The fourth-order valence-corrected chi connectivity index (χ4v) is 10.6. The smallest absolute Gasteiger partial charge is 0.748 e. The van der Waals surface area contributed by atoms with Crippen molar-refractivity contribution in [2.75, 3.05) is 36.8 Å². The second-order valence-electron chi connectivity index (χ2n) is 18.0. The van der Waals surface area contributed by atoms with E-state index in [1.165, 1.54) is 29.8 Å². The molecule has 7 rings (SSSR count). The first-order valence-electron chi connectivity index (χ1n) is 22.6. The Labute approximate surface area is 466 Å². The number of amides is 3. The molecule has 0 fully saturated rings. The van der Waals surface area contributed by atoms with Gasteiger partial charge in [-0.15, -0.1) is 29.5 Å². The molecule has 3 aliphatic rings. The van der Waals surface area contributed by atoms with Crippen molar-refractivity contribution in [2.45, 2.75) is 81.9 Å². The van der Waals surface area contributed by atoms with E-state index >= 15 is 0 Å². The van der Waals surface area contributed by atoms with Crippen molar-refractivity contribution in [3.8, 4) is 0 Å². The number of hydrogen-bond acceptors (Lipinski definition) is 13. The van der Waals surface area contributed by atoms with Gasteiger partial charge in [-0.3, -0.25) is 19.3 Å². The van der Waals surface area contributed by atoms with E-state index in [0.29, 0.717) is 37.7 Å². The van der Waals surface area contributed by atoms with E-state index in [0.717, 1.165) is 62.2 Å². The van der Waals surface area contributed by atoms with Crippen LogP contribution in [0.5, 0.6) is 0 Å². The largest absolute Gasteiger partial charge is 1.00 e. The number of carbonyl (C=O) groups is 3. The molecule has 21 heteroatoms. The molecular weight excluding hydrogens is 1000 g/mol. The predicted molar refractivity (Wildman–Crippen MR) is 264 cm³/mol. The van der Waals surface area contributed by atoms with Crippen molar-refractivity contribution in [1.29, 1.82) is 0 Å². The molecule has 0 unspecified atom stereocenters. The van der Waals surface area contributed by atoms with Gasteiger partial charge in [0.05, 0.1) is 20.4 Å². The van der Waals surface area contributed by atoms with Gasteiger partial charge in [0.1, 0.15) is 16.7 Å². The van der Waals surface area contributed by atoms with Crippen LogP contribution in [-0.4, -0.2) is 103 Å². The van der Waals surface area contributed by atoms with Crippen LogP contribution in [-0.2, 0) is 56.1 Å². The summed E-state index contributed by atoms with van der Waals surface area (Å²) in [7, 11) is -12.1. The number of unbranched alkanes of at least 4 members (excludes halogenated alkanes) is 3. The molecule has 0 bridgehead atoms. The molecule has 3 heterocycles. The molecule has 4 aromatic carbocycles. The molecule has 0 aromatic heterocycles. The number of imide groups is 1. The van der Waals surface area contributed by atoms with Crippen molar-refractivity contribution in [3.05, 3.63) is 138 Å². The molecule has 72 heavy (non-hydrogen) atoms. The van der Waals surface area contributed by atoms with Crippen molar-refractivity contribution >= 4 is 87.2 Å². The summed E-state index contributed by atoms with van der Waals surface area (Å²) in [5.41, 5.74) is 5.41. The molecule has 0 saturated carbocycles. The Balaban J connectivity index is 0.00000181. The minimum Gasteiger partial charge on any atom is -0.748 e. The first-order valence-corrected chi connectivity index (χ1v) is 26.6. The van der Waals surface area contributed by atoms with Gasteiger partial charge >= 0.3 is 69.7 Å². The van der Waals surface area contributed by atoms with Crippen molar-refractivity contribution in [2.24, 2.45) is 0 Å². The van der Waals surface area contributed by atoms with E-state index in [-0.39, 0.29) is 107 Å². The maximum atomic E-state index is 12.6. The molecule has 0 saturated heterocycles. The molecule has 3 amide bonds. The molecule has 370 valence electrons. The summed E-state index contributed by atoms with van der Waals surface area (Å²) in [5, 5.41) is 6.50. The molecule has 1 N–H and O–H groups in total. The van der Waals surface area contributed by atoms with Crippen LogP contribution in [0.4, 0.5) is 11.4 Å². The summed E-state index contributed by atoms with van der Waals surface area (Å²) in [4.78, 5) is 39.2. The van der Waals surface area contributed by atoms with Gasteiger partial charge in [-0.25, -0.2) is 16.8 Å². The third-order valence-electron chi connectivity index (χ3n) is 12.6. The predicted octanol–water partition coefficient (Wildman–Crippen LogP) is 0.355. The number of anilines is 1. The van der Waals surface area contributed by atoms with E-state index in [1.54, 1.807) is 6.07 Å². The number of hydrogen-bond donors (Lipinski definition) is 1. The van der Waals surface area contributed by atoms with Gasteiger partial charge in [-0.2, -0.15) is 28.8 Å². The topological polar surface area (TPSA) is 238 Å². The first kappa shape index (κ1) is 60.2. The van der Waals surface area contributed by atoms with Crippen LogP contribution in [0.1, 0.15) is 77.3 Å². The van der Waals surface area contributed by atoms with Gasteiger partial charge in [0.2, 0.25) is 11.6 Å². The summed E-state index contributed by atoms with van der Waals surface area (Å²) in [5.74, 6) is -1.32. The molecule has 0 spiro atoms. The normalized spacial score (nSPS) is 16.4. The Hall–Kier alpha value is -4.38. The van der Waals surface area contributed by atoms with Crippen LogP contribution >= 0.6 is 0 Å². The van der Waals surface area contributed by atoms with Gasteiger partial charge in [-0.05, 0) is 79.8 Å². The summed E-state index contributed by atoms with van der Waals surface area (Å²) in [6.07, 6.45) is 19.7. The molecule has 0 atom stereocenters. The van der Waals surface area contributed by atoms with E-state index in [1.807, 2.05) is 54.6 Å². The van der Waals surface area contributed by atoms with Gasteiger partial charge in [0.15, 0.2) is 5.71 Å². The zero-order valence-electron chi connectivity index (χ0n) is 41.2. The average molecular weight is 1060 g/mol. The van der Waals surface area contributed by atoms with Gasteiger partial charge in [0.25, 0.3) is 11.8 Å². The molecule has 0 aliphatic carbocycles.